The summed E-state index contributed by atoms with van der Waals surface area (Å²) in [6.07, 6.45) is 1.92. The summed E-state index contributed by atoms with van der Waals surface area (Å²) in [7, 11) is 1.82. The fourth-order valence-electron chi connectivity index (χ4n) is 1.67. The van der Waals surface area contributed by atoms with Gasteiger partial charge in [-0.05, 0) is 28.8 Å². The molecule has 0 saturated carbocycles. The first-order valence-corrected chi connectivity index (χ1v) is 8.41. The number of hydrogen-bond acceptors (Lipinski definition) is 5. The molecule has 0 aliphatic carbocycles. The standard InChI is InChI=1S/C13H18N4OS2/c1-3-4-11-14-13(16-15-11)20-9-12(18)17(2)7-10-5-6-19-8-10/h5-6,8H,3-4,7,9H2,1-2H3,(H,14,15,16). The van der Waals surface area contributed by atoms with E-state index in [1.54, 1.807) is 16.2 Å². The van der Waals surface area contributed by atoms with Crippen molar-refractivity contribution in [2.24, 2.45) is 0 Å². The lowest BCUT2D eigenvalue weighted by atomic mass is 10.3. The highest BCUT2D eigenvalue weighted by atomic mass is 32.2. The highest BCUT2D eigenvalue weighted by Crippen LogP contribution is 2.15. The largest absolute Gasteiger partial charge is 0.341 e. The summed E-state index contributed by atoms with van der Waals surface area (Å²) < 4.78 is 0. The van der Waals surface area contributed by atoms with Gasteiger partial charge in [0.25, 0.3) is 0 Å². The molecule has 7 heteroatoms. The molecule has 0 radical (unpaired) electrons. The Kier molecular flexibility index (Phi) is 5.60. The van der Waals surface area contributed by atoms with Crippen molar-refractivity contribution in [3.05, 3.63) is 28.2 Å². The molecule has 0 atom stereocenters. The number of aryl methyl sites for hydroxylation is 1. The Labute approximate surface area is 126 Å². The van der Waals surface area contributed by atoms with Gasteiger partial charge in [-0.1, -0.05) is 18.7 Å². The lowest BCUT2D eigenvalue weighted by Crippen LogP contribution is -2.27. The first-order valence-electron chi connectivity index (χ1n) is 6.48. The second kappa shape index (κ2) is 7.44. The van der Waals surface area contributed by atoms with E-state index in [-0.39, 0.29) is 5.91 Å². The Morgan fingerprint density at radius 2 is 2.40 bits per heavy atom. The van der Waals surface area contributed by atoms with E-state index < -0.39 is 0 Å². The molecule has 2 heterocycles. The molecule has 1 N–H and O–H groups in total. The van der Waals surface area contributed by atoms with Gasteiger partial charge in [0, 0.05) is 20.0 Å². The molecule has 0 aliphatic rings. The number of carbonyl (C=O) groups excluding carboxylic acids is 1. The average Bonchev–Trinajstić information content (AvgIpc) is 3.08. The van der Waals surface area contributed by atoms with Gasteiger partial charge in [-0.15, -0.1) is 5.10 Å². The highest BCUT2D eigenvalue weighted by Gasteiger charge is 2.12. The second-order valence-corrected chi connectivity index (χ2v) is 6.21. The average molecular weight is 310 g/mol. The molecule has 0 aromatic carbocycles. The third-order valence-electron chi connectivity index (χ3n) is 2.75. The van der Waals surface area contributed by atoms with Crippen LogP contribution in [0.1, 0.15) is 24.7 Å². The Bertz CT molecular complexity index is 538. The lowest BCUT2D eigenvalue weighted by molar-refractivity contribution is -0.127. The molecule has 2 aromatic heterocycles. The van der Waals surface area contributed by atoms with Gasteiger partial charge in [0.15, 0.2) is 0 Å². The Hall–Kier alpha value is -1.34. The normalized spacial score (nSPS) is 10.7. The smallest absolute Gasteiger partial charge is 0.233 e. The van der Waals surface area contributed by atoms with Crippen molar-refractivity contribution in [2.75, 3.05) is 12.8 Å². The van der Waals surface area contributed by atoms with Crippen LogP contribution in [0.15, 0.2) is 22.0 Å². The van der Waals surface area contributed by atoms with Crippen molar-refractivity contribution >= 4 is 29.0 Å². The summed E-state index contributed by atoms with van der Waals surface area (Å²) in [6, 6.07) is 2.04. The van der Waals surface area contributed by atoms with Crippen molar-refractivity contribution in [3.63, 3.8) is 0 Å². The monoisotopic (exact) mass is 310 g/mol. The van der Waals surface area contributed by atoms with Crippen LogP contribution >= 0.6 is 23.1 Å². The minimum Gasteiger partial charge on any atom is -0.341 e. The molecule has 0 spiro atoms. The number of nitrogens with zero attached hydrogens (tertiary/aromatic N) is 3. The minimum absolute atomic E-state index is 0.0861. The number of aromatic nitrogens is 3. The second-order valence-electron chi connectivity index (χ2n) is 4.48. The summed E-state index contributed by atoms with van der Waals surface area (Å²) in [4.78, 5) is 18.1. The first kappa shape index (κ1) is 15.1. The van der Waals surface area contributed by atoms with E-state index >= 15 is 0 Å². The van der Waals surface area contributed by atoms with Gasteiger partial charge in [0.1, 0.15) is 5.82 Å². The maximum absolute atomic E-state index is 12.0. The number of thiophene rings is 1. The fourth-order valence-corrected chi connectivity index (χ4v) is 3.09. The van der Waals surface area contributed by atoms with E-state index in [0.29, 0.717) is 17.5 Å². The van der Waals surface area contributed by atoms with E-state index in [9.17, 15) is 4.79 Å². The zero-order valence-electron chi connectivity index (χ0n) is 11.6. The minimum atomic E-state index is 0.0861. The molecule has 0 saturated heterocycles. The molecule has 0 aliphatic heterocycles. The Balaban J connectivity index is 1.78. The molecular weight excluding hydrogens is 292 g/mol. The molecule has 20 heavy (non-hydrogen) atoms. The van der Waals surface area contributed by atoms with Gasteiger partial charge in [-0.3, -0.25) is 9.89 Å². The quantitative estimate of drug-likeness (QED) is 0.798. The van der Waals surface area contributed by atoms with Crippen LogP contribution in [-0.4, -0.2) is 38.8 Å². The first-order chi connectivity index (χ1) is 9.69. The number of carbonyl (C=O) groups is 1. The van der Waals surface area contributed by atoms with Crippen LogP contribution in [0.2, 0.25) is 0 Å². The Morgan fingerprint density at radius 1 is 1.55 bits per heavy atom. The maximum atomic E-state index is 12.0. The van der Waals surface area contributed by atoms with Crippen molar-refractivity contribution in [1.82, 2.24) is 20.1 Å². The zero-order valence-corrected chi connectivity index (χ0v) is 13.3. The summed E-state index contributed by atoms with van der Waals surface area (Å²) in [5, 5.41) is 11.7. The zero-order chi connectivity index (χ0) is 14.4. The highest BCUT2D eigenvalue weighted by molar-refractivity contribution is 7.99. The predicted molar refractivity (Wildman–Crippen MR) is 81.9 cm³/mol. The van der Waals surface area contributed by atoms with Crippen LogP contribution in [0.4, 0.5) is 0 Å². The van der Waals surface area contributed by atoms with E-state index in [1.165, 1.54) is 17.3 Å². The topological polar surface area (TPSA) is 61.9 Å². The van der Waals surface area contributed by atoms with Gasteiger partial charge in [0.05, 0.1) is 5.75 Å². The van der Waals surface area contributed by atoms with Crippen LogP contribution in [0.3, 0.4) is 0 Å². The number of aromatic amines is 1. The van der Waals surface area contributed by atoms with Crippen LogP contribution in [0.25, 0.3) is 0 Å². The summed E-state index contributed by atoms with van der Waals surface area (Å²) in [6.45, 7) is 2.75. The van der Waals surface area contributed by atoms with Gasteiger partial charge >= 0.3 is 0 Å². The van der Waals surface area contributed by atoms with Crippen LogP contribution in [0, 0.1) is 0 Å². The van der Waals surface area contributed by atoms with Crippen molar-refractivity contribution < 1.29 is 4.79 Å². The lowest BCUT2D eigenvalue weighted by Gasteiger charge is -2.15. The molecule has 1 amide bonds. The third-order valence-corrected chi connectivity index (χ3v) is 4.31. The summed E-state index contributed by atoms with van der Waals surface area (Å²) in [5.74, 6) is 1.33. The third kappa shape index (κ3) is 4.35. The fraction of sp³-hybridized carbons (Fsp3) is 0.462. The number of thioether (sulfide) groups is 1. The van der Waals surface area contributed by atoms with E-state index in [1.807, 2.05) is 18.5 Å². The number of hydrogen-bond donors (Lipinski definition) is 1. The molecule has 108 valence electrons. The predicted octanol–water partition coefficient (Wildman–Crippen LogP) is 2.57. The maximum Gasteiger partial charge on any atom is 0.233 e. The van der Waals surface area contributed by atoms with Crippen LogP contribution in [0.5, 0.6) is 0 Å². The van der Waals surface area contributed by atoms with Crippen LogP contribution in [-0.2, 0) is 17.8 Å². The van der Waals surface area contributed by atoms with Crippen molar-refractivity contribution in [1.29, 1.82) is 0 Å². The number of amides is 1. The van der Waals surface area contributed by atoms with E-state index in [0.717, 1.165) is 18.7 Å². The molecular formula is C13H18N4OS2. The number of H-pyrrole nitrogens is 1. The molecule has 0 unspecified atom stereocenters. The van der Waals surface area contributed by atoms with Gasteiger partial charge in [-0.25, -0.2) is 4.98 Å². The molecule has 0 fully saturated rings. The van der Waals surface area contributed by atoms with Crippen LogP contribution < -0.4 is 0 Å². The van der Waals surface area contributed by atoms with Gasteiger partial charge in [-0.2, -0.15) is 11.3 Å². The van der Waals surface area contributed by atoms with Gasteiger partial charge in [0.2, 0.25) is 11.1 Å². The number of rotatable bonds is 7. The van der Waals surface area contributed by atoms with Crippen molar-refractivity contribution in [2.45, 2.75) is 31.5 Å². The van der Waals surface area contributed by atoms with Gasteiger partial charge < -0.3 is 4.90 Å². The summed E-state index contributed by atoms with van der Waals surface area (Å²) in [5.41, 5.74) is 1.17. The van der Waals surface area contributed by atoms with Crippen molar-refractivity contribution in [3.8, 4) is 0 Å². The SMILES string of the molecule is CCCc1nc(SCC(=O)N(C)Cc2ccsc2)n[nH]1. The summed E-state index contributed by atoms with van der Waals surface area (Å²) >= 11 is 3.02. The molecule has 2 rings (SSSR count). The number of nitrogens with one attached hydrogen (secondary N) is 1. The molecule has 0 bridgehead atoms. The Morgan fingerprint density at radius 3 is 3.10 bits per heavy atom. The van der Waals surface area contributed by atoms with E-state index in [4.69, 9.17) is 0 Å². The molecule has 5 nitrogen and oxygen atoms in total. The van der Waals surface area contributed by atoms with E-state index in [2.05, 4.69) is 27.5 Å². The molecule has 2 aromatic rings.